The molecule has 0 aliphatic rings. The number of rotatable bonds is 1. The van der Waals surface area contributed by atoms with Gasteiger partial charge < -0.3 is 5.11 Å². The van der Waals surface area contributed by atoms with E-state index in [0.29, 0.717) is 0 Å². The molecule has 0 saturated carbocycles. The monoisotopic (exact) mass is 249 g/mol. The smallest absolute Gasteiger partial charge is 0.102 e. The Balaban J connectivity index is 3.06. The van der Waals surface area contributed by atoms with Gasteiger partial charge >= 0.3 is 0 Å². The minimum atomic E-state index is 0.0966. The molecule has 1 N–H and O–H groups in total. The zero-order valence-electron chi connectivity index (χ0n) is 5.63. The van der Waals surface area contributed by atoms with Crippen LogP contribution >= 0.6 is 22.6 Å². The molecule has 0 spiro atoms. The van der Waals surface area contributed by atoms with Gasteiger partial charge in [0, 0.05) is 5.69 Å². The zero-order valence-corrected chi connectivity index (χ0v) is 7.79. The zero-order chi connectivity index (χ0) is 7.56. The fourth-order valence-electron chi connectivity index (χ4n) is 0.787. The van der Waals surface area contributed by atoms with Gasteiger partial charge in [-0.05, 0) is 47.2 Å². The SMILES string of the molecule is Cc1cc(CO)cc(I)n1. The molecule has 3 heteroatoms. The Morgan fingerprint density at radius 3 is 2.80 bits per heavy atom. The number of hydrogen-bond acceptors (Lipinski definition) is 2. The van der Waals surface area contributed by atoms with E-state index in [1.165, 1.54) is 0 Å². The van der Waals surface area contributed by atoms with Crippen LogP contribution in [0, 0.1) is 10.6 Å². The van der Waals surface area contributed by atoms with Gasteiger partial charge in [-0.1, -0.05) is 0 Å². The van der Waals surface area contributed by atoms with Crippen molar-refractivity contribution in [3.05, 3.63) is 27.1 Å². The van der Waals surface area contributed by atoms with Crippen molar-refractivity contribution in [1.29, 1.82) is 0 Å². The highest BCUT2D eigenvalue weighted by atomic mass is 127. The maximum atomic E-state index is 8.76. The summed E-state index contributed by atoms with van der Waals surface area (Å²) in [6, 6.07) is 3.75. The minimum Gasteiger partial charge on any atom is -0.392 e. The van der Waals surface area contributed by atoms with Crippen LogP contribution in [-0.4, -0.2) is 10.1 Å². The molecule has 0 unspecified atom stereocenters. The van der Waals surface area contributed by atoms with Crippen molar-refractivity contribution in [2.45, 2.75) is 13.5 Å². The second-order valence-corrected chi connectivity index (χ2v) is 3.20. The minimum absolute atomic E-state index is 0.0966. The Bertz CT molecular complexity index is 217. The number of nitrogens with zero attached hydrogens (tertiary/aromatic N) is 1. The van der Waals surface area contributed by atoms with Crippen molar-refractivity contribution in [1.82, 2.24) is 4.98 Å². The van der Waals surface area contributed by atoms with E-state index >= 15 is 0 Å². The van der Waals surface area contributed by atoms with Crippen LogP contribution in [0.5, 0.6) is 0 Å². The van der Waals surface area contributed by atoms with Crippen molar-refractivity contribution in [3.8, 4) is 0 Å². The molecule has 2 nitrogen and oxygen atoms in total. The fourth-order valence-corrected chi connectivity index (χ4v) is 1.57. The molecule has 0 radical (unpaired) electrons. The molecular weight excluding hydrogens is 241 g/mol. The highest BCUT2D eigenvalue weighted by Gasteiger charge is 1.94. The third kappa shape index (κ3) is 1.91. The van der Waals surface area contributed by atoms with Gasteiger partial charge in [0.05, 0.1) is 6.61 Å². The Hall–Kier alpha value is -0.160. The number of halogens is 1. The van der Waals surface area contributed by atoms with Crippen LogP contribution < -0.4 is 0 Å². The summed E-state index contributed by atoms with van der Waals surface area (Å²) in [5.41, 5.74) is 1.88. The van der Waals surface area contributed by atoms with Gasteiger partial charge in [-0.25, -0.2) is 4.98 Å². The Labute approximate surface area is 73.4 Å². The topological polar surface area (TPSA) is 33.1 Å². The van der Waals surface area contributed by atoms with Crippen LogP contribution in [0.1, 0.15) is 11.3 Å². The van der Waals surface area contributed by atoms with Crippen molar-refractivity contribution >= 4 is 22.6 Å². The molecule has 0 aliphatic heterocycles. The van der Waals surface area contributed by atoms with E-state index in [-0.39, 0.29) is 6.61 Å². The molecule has 0 atom stereocenters. The summed E-state index contributed by atoms with van der Waals surface area (Å²) in [6.45, 7) is 2.01. The van der Waals surface area contributed by atoms with Crippen LogP contribution in [-0.2, 0) is 6.61 Å². The van der Waals surface area contributed by atoms with Gasteiger partial charge in [0.1, 0.15) is 3.70 Å². The lowest BCUT2D eigenvalue weighted by molar-refractivity contribution is 0.281. The normalized spacial score (nSPS) is 9.90. The average molecular weight is 249 g/mol. The molecule has 0 saturated heterocycles. The maximum absolute atomic E-state index is 8.76. The second kappa shape index (κ2) is 3.30. The van der Waals surface area contributed by atoms with Gasteiger partial charge in [0.25, 0.3) is 0 Å². The Morgan fingerprint density at radius 1 is 1.60 bits per heavy atom. The summed E-state index contributed by atoms with van der Waals surface area (Å²) >= 11 is 2.13. The first-order chi connectivity index (χ1) is 4.72. The summed E-state index contributed by atoms with van der Waals surface area (Å²) in [5.74, 6) is 0. The van der Waals surface area contributed by atoms with Gasteiger partial charge in [-0.2, -0.15) is 0 Å². The summed E-state index contributed by atoms with van der Waals surface area (Å²) in [5, 5.41) is 8.76. The maximum Gasteiger partial charge on any atom is 0.102 e. The average Bonchev–Trinajstić information content (AvgIpc) is 1.85. The van der Waals surface area contributed by atoms with Gasteiger partial charge in [-0.3, -0.25) is 0 Å². The molecule has 54 valence electrons. The highest BCUT2D eigenvalue weighted by Crippen LogP contribution is 2.07. The lowest BCUT2D eigenvalue weighted by atomic mass is 10.2. The van der Waals surface area contributed by atoms with E-state index in [9.17, 15) is 0 Å². The lowest BCUT2D eigenvalue weighted by Crippen LogP contribution is -1.90. The number of aliphatic hydroxyl groups excluding tert-OH is 1. The summed E-state index contributed by atoms with van der Waals surface area (Å²) in [4.78, 5) is 4.16. The van der Waals surface area contributed by atoms with Crippen molar-refractivity contribution < 1.29 is 5.11 Å². The van der Waals surface area contributed by atoms with Crippen LogP contribution in [0.15, 0.2) is 12.1 Å². The molecule has 0 fully saturated rings. The first-order valence-electron chi connectivity index (χ1n) is 2.96. The van der Waals surface area contributed by atoms with Gasteiger partial charge in [-0.15, -0.1) is 0 Å². The first kappa shape index (κ1) is 7.94. The molecule has 1 aromatic rings. The van der Waals surface area contributed by atoms with Gasteiger partial charge in [0.15, 0.2) is 0 Å². The largest absolute Gasteiger partial charge is 0.392 e. The van der Waals surface area contributed by atoms with Crippen LogP contribution in [0.4, 0.5) is 0 Å². The Kier molecular flexibility index (Phi) is 2.62. The summed E-state index contributed by atoms with van der Waals surface area (Å²) < 4.78 is 0.932. The second-order valence-electron chi connectivity index (χ2n) is 2.10. The first-order valence-corrected chi connectivity index (χ1v) is 4.04. The molecule has 1 rings (SSSR count). The van der Waals surface area contributed by atoms with Crippen molar-refractivity contribution in [3.63, 3.8) is 0 Å². The molecule has 10 heavy (non-hydrogen) atoms. The van der Waals surface area contributed by atoms with Crippen LogP contribution in [0.2, 0.25) is 0 Å². The van der Waals surface area contributed by atoms with E-state index in [1.54, 1.807) is 0 Å². The third-order valence-electron chi connectivity index (χ3n) is 1.16. The van der Waals surface area contributed by atoms with Crippen molar-refractivity contribution in [2.75, 3.05) is 0 Å². The van der Waals surface area contributed by atoms with E-state index in [1.807, 2.05) is 19.1 Å². The van der Waals surface area contributed by atoms with E-state index in [0.717, 1.165) is 15.0 Å². The number of aliphatic hydroxyl groups is 1. The highest BCUT2D eigenvalue weighted by molar-refractivity contribution is 14.1. The third-order valence-corrected chi connectivity index (χ3v) is 1.72. The summed E-state index contributed by atoms with van der Waals surface area (Å²) in [6.07, 6.45) is 0. The number of pyridine rings is 1. The van der Waals surface area contributed by atoms with E-state index in [2.05, 4.69) is 27.6 Å². The fraction of sp³-hybridized carbons (Fsp3) is 0.286. The number of aryl methyl sites for hydroxylation is 1. The van der Waals surface area contributed by atoms with Crippen LogP contribution in [0.3, 0.4) is 0 Å². The Morgan fingerprint density at radius 2 is 2.30 bits per heavy atom. The number of aromatic nitrogens is 1. The van der Waals surface area contributed by atoms with Crippen molar-refractivity contribution in [2.24, 2.45) is 0 Å². The molecule has 0 bridgehead atoms. The molecular formula is C7H8INO. The molecule has 1 heterocycles. The standard InChI is InChI=1S/C7H8INO/c1-5-2-6(4-10)3-7(8)9-5/h2-3,10H,4H2,1H3. The lowest BCUT2D eigenvalue weighted by Gasteiger charge is -1.97. The molecule has 0 aromatic carbocycles. The molecule has 0 amide bonds. The summed E-state index contributed by atoms with van der Waals surface area (Å²) in [7, 11) is 0. The van der Waals surface area contributed by atoms with Crippen LogP contribution in [0.25, 0.3) is 0 Å². The molecule has 0 aliphatic carbocycles. The predicted octanol–water partition coefficient (Wildman–Crippen LogP) is 1.49. The predicted molar refractivity (Wildman–Crippen MR) is 47.6 cm³/mol. The molecule has 1 aromatic heterocycles. The quantitative estimate of drug-likeness (QED) is 0.604. The van der Waals surface area contributed by atoms with E-state index in [4.69, 9.17) is 5.11 Å². The van der Waals surface area contributed by atoms with E-state index < -0.39 is 0 Å². The van der Waals surface area contributed by atoms with Gasteiger partial charge in [0.2, 0.25) is 0 Å². The number of hydrogen-bond donors (Lipinski definition) is 1.